The van der Waals surface area contributed by atoms with E-state index in [1.165, 1.54) is 27.2 Å². The Hall–Kier alpha value is -2.24. The second-order valence-corrected chi connectivity index (χ2v) is 8.74. The molecule has 0 unspecified atom stereocenters. The molecule has 1 saturated heterocycles. The molecule has 9 nitrogen and oxygen atoms in total. The van der Waals surface area contributed by atoms with Crippen LogP contribution in [0.5, 0.6) is 0 Å². The Labute approximate surface area is 154 Å². The van der Waals surface area contributed by atoms with Gasteiger partial charge in [0.2, 0.25) is 10.0 Å². The van der Waals surface area contributed by atoms with Crippen LogP contribution in [0.25, 0.3) is 0 Å². The highest BCUT2D eigenvalue weighted by Crippen LogP contribution is 2.25. The molecule has 26 heavy (non-hydrogen) atoms. The Bertz CT molecular complexity index is 940. The molecule has 0 amide bonds. The number of hydrogen-bond donors (Lipinski definition) is 0. The van der Waals surface area contributed by atoms with Gasteiger partial charge in [0.25, 0.3) is 0 Å². The van der Waals surface area contributed by atoms with E-state index in [9.17, 15) is 23.3 Å². The van der Waals surface area contributed by atoms with Gasteiger partial charge in [0.15, 0.2) is 0 Å². The molecule has 0 atom stereocenters. The van der Waals surface area contributed by atoms with Crippen molar-refractivity contribution < 1.29 is 22.9 Å². The second kappa shape index (κ2) is 7.17. The zero-order valence-electron chi connectivity index (χ0n) is 14.0. The van der Waals surface area contributed by atoms with Crippen LogP contribution < -0.4 is 0 Å². The number of carbonyl (C=O) groups is 1. The maximum atomic E-state index is 12.6. The van der Waals surface area contributed by atoms with Crippen molar-refractivity contribution in [2.45, 2.75) is 24.3 Å². The molecule has 1 aliphatic heterocycles. The molecule has 3 rings (SSSR count). The van der Waals surface area contributed by atoms with Crippen LogP contribution in [0.3, 0.4) is 0 Å². The van der Waals surface area contributed by atoms with Crippen molar-refractivity contribution in [3.8, 4) is 0 Å². The van der Waals surface area contributed by atoms with E-state index in [1.807, 2.05) is 0 Å². The Balaban J connectivity index is 1.71. The third-order valence-corrected chi connectivity index (χ3v) is 6.87. The first-order valence-electron chi connectivity index (χ1n) is 7.84. The van der Waals surface area contributed by atoms with E-state index in [0.29, 0.717) is 18.7 Å². The van der Waals surface area contributed by atoms with Gasteiger partial charge in [0, 0.05) is 43.3 Å². The molecule has 2 aromatic rings. The summed E-state index contributed by atoms with van der Waals surface area (Å²) in [4.78, 5) is 22.5. The zero-order chi connectivity index (χ0) is 18.9. The van der Waals surface area contributed by atoms with Gasteiger partial charge in [0.1, 0.15) is 17.2 Å². The summed E-state index contributed by atoms with van der Waals surface area (Å²) in [5.74, 6) is -0.691. The summed E-state index contributed by atoms with van der Waals surface area (Å²) in [5, 5.41) is 12.2. The van der Waals surface area contributed by atoms with Gasteiger partial charge < -0.3 is 9.30 Å². The summed E-state index contributed by atoms with van der Waals surface area (Å²) in [5.41, 5.74) is 0.613. The van der Waals surface area contributed by atoms with Crippen molar-refractivity contribution in [2.24, 2.45) is 7.05 Å². The van der Waals surface area contributed by atoms with Crippen molar-refractivity contribution in [1.82, 2.24) is 8.87 Å². The highest BCUT2D eigenvalue weighted by molar-refractivity contribution is 7.89. The number of aromatic nitrogens is 1. The summed E-state index contributed by atoms with van der Waals surface area (Å²) < 4.78 is 33.1. The fourth-order valence-corrected chi connectivity index (χ4v) is 5.02. The fraction of sp³-hybridized carbons (Fsp3) is 0.400. The van der Waals surface area contributed by atoms with Crippen molar-refractivity contribution in [3.63, 3.8) is 0 Å². The number of thiophene rings is 1. The van der Waals surface area contributed by atoms with Crippen LogP contribution in [0, 0.1) is 10.1 Å². The van der Waals surface area contributed by atoms with Crippen LogP contribution in [0.2, 0.25) is 0 Å². The molecular weight excluding hydrogens is 382 g/mol. The minimum Gasteiger partial charge on any atom is -0.456 e. The monoisotopic (exact) mass is 399 g/mol. The molecule has 0 N–H and O–H groups in total. The molecule has 3 heterocycles. The van der Waals surface area contributed by atoms with Crippen molar-refractivity contribution in [3.05, 3.63) is 45.1 Å². The van der Waals surface area contributed by atoms with Crippen LogP contribution in [0.1, 0.15) is 28.9 Å². The van der Waals surface area contributed by atoms with Gasteiger partial charge in [-0.1, -0.05) is 11.3 Å². The first kappa shape index (κ1) is 18.5. The summed E-state index contributed by atoms with van der Waals surface area (Å²) in [6.45, 7) is 0.838. The summed E-state index contributed by atoms with van der Waals surface area (Å²) in [6, 6.07) is 2.64. The van der Waals surface area contributed by atoms with Crippen LogP contribution in [0.15, 0.2) is 28.6 Å². The average Bonchev–Trinajstić information content (AvgIpc) is 3.32. The standard InChI is InChI=1S/C15H17N3O6S2/c1-16-8-12(26(22,23)17-4-2-3-5-17)7-13(16)15(19)24-9-11-6-14(18(20)21)25-10-11/h6-8,10H,2-5,9H2,1H3. The fourth-order valence-electron chi connectivity index (χ4n) is 2.71. The molecular formula is C15H17N3O6S2. The second-order valence-electron chi connectivity index (χ2n) is 5.91. The number of sulfonamides is 1. The van der Waals surface area contributed by atoms with E-state index < -0.39 is 20.9 Å². The van der Waals surface area contributed by atoms with Crippen molar-refractivity contribution in [1.29, 1.82) is 0 Å². The molecule has 140 valence electrons. The lowest BCUT2D eigenvalue weighted by Crippen LogP contribution is -2.27. The predicted molar refractivity (Wildman–Crippen MR) is 93.5 cm³/mol. The summed E-state index contributed by atoms with van der Waals surface area (Å²) in [7, 11) is -2.05. The van der Waals surface area contributed by atoms with Gasteiger partial charge in [-0.05, 0) is 18.9 Å². The molecule has 0 aliphatic carbocycles. The SMILES string of the molecule is Cn1cc(S(=O)(=O)N2CCCC2)cc1C(=O)OCc1csc([N+](=O)[O-])c1. The van der Waals surface area contributed by atoms with Gasteiger partial charge in [-0.15, -0.1) is 0 Å². The first-order chi connectivity index (χ1) is 12.3. The lowest BCUT2D eigenvalue weighted by Gasteiger charge is -2.13. The summed E-state index contributed by atoms with van der Waals surface area (Å²) in [6.07, 6.45) is 3.04. The van der Waals surface area contributed by atoms with E-state index in [2.05, 4.69) is 0 Å². The van der Waals surface area contributed by atoms with Gasteiger partial charge >= 0.3 is 11.0 Å². The van der Waals surface area contributed by atoms with Crippen LogP contribution in [0.4, 0.5) is 5.00 Å². The number of aryl methyl sites for hydroxylation is 1. The molecule has 0 bridgehead atoms. The topological polar surface area (TPSA) is 112 Å². The number of hydrogen-bond acceptors (Lipinski definition) is 7. The highest BCUT2D eigenvalue weighted by atomic mass is 32.2. The maximum absolute atomic E-state index is 12.6. The normalized spacial score (nSPS) is 15.3. The Morgan fingerprint density at radius 3 is 2.65 bits per heavy atom. The van der Waals surface area contributed by atoms with Crippen LogP contribution in [-0.4, -0.2) is 41.3 Å². The largest absolute Gasteiger partial charge is 0.456 e. The van der Waals surface area contributed by atoms with Gasteiger partial charge in [-0.25, -0.2) is 13.2 Å². The van der Waals surface area contributed by atoms with Gasteiger partial charge in [-0.3, -0.25) is 10.1 Å². The van der Waals surface area contributed by atoms with Gasteiger partial charge in [0.05, 0.1) is 4.92 Å². The van der Waals surface area contributed by atoms with Crippen molar-refractivity contribution >= 4 is 32.3 Å². The van der Waals surface area contributed by atoms with E-state index in [1.54, 1.807) is 12.4 Å². The number of nitro groups is 1. The van der Waals surface area contributed by atoms with E-state index >= 15 is 0 Å². The molecule has 1 aliphatic rings. The molecule has 0 radical (unpaired) electrons. The van der Waals surface area contributed by atoms with Crippen molar-refractivity contribution in [2.75, 3.05) is 13.1 Å². The van der Waals surface area contributed by atoms with E-state index in [0.717, 1.165) is 24.2 Å². The average molecular weight is 399 g/mol. The number of ether oxygens (including phenoxy) is 1. The molecule has 11 heteroatoms. The third-order valence-electron chi connectivity index (χ3n) is 4.08. The number of nitrogens with zero attached hydrogens (tertiary/aromatic N) is 3. The predicted octanol–water partition coefficient (Wildman–Crippen LogP) is 2.14. The first-order valence-corrected chi connectivity index (χ1v) is 10.2. The van der Waals surface area contributed by atoms with Crippen LogP contribution in [-0.2, 0) is 28.4 Å². The zero-order valence-corrected chi connectivity index (χ0v) is 15.6. The van der Waals surface area contributed by atoms with Crippen LogP contribution >= 0.6 is 11.3 Å². The molecule has 0 spiro atoms. The van der Waals surface area contributed by atoms with E-state index in [-0.39, 0.29) is 22.2 Å². The molecule has 2 aromatic heterocycles. The smallest absolute Gasteiger partial charge is 0.355 e. The minimum atomic E-state index is -3.62. The molecule has 1 fully saturated rings. The quantitative estimate of drug-likeness (QED) is 0.418. The highest BCUT2D eigenvalue weighted by Gasteiger charge is 2.29. The lowest BCUT2D eigenvalue weighted by atomic mass is 10.3. The number of carbonyl (C=O) groups excluding carboxylic acids is 1. The van der Waals surface area contributed by atoms with Gasteiger partial charge in [-0.2, -0.15) is 4.31 Å². The third kappa shape index (κ3) is 3.64. The number of esters is 1. The Morgan fingerprint density at radius 2 is 2.04 bits per heavy atom. The number of rotatable bonds is 6. The molecule has 0 saturated carbocycles. The summed E-state index contributed by atoms with van der Waals surface area (Å²) >= 11 is 0.949. The maximum Gasteiger partial charge on any atom is 0.355 e. The molecule has 0 aromatic carbocycles. The van der Waals surface area contributed by atoms with E-state index in [4.69, 9.17) is 4.74 Å². The Morgan fingerprint density at radius 1 is 1.35 bits per heavy atom. The lowest BCUT2D eigenvalue weighted by molar-refractivity contribution is -0.380. The minimum absolute atomic E-state index is 0.0334. The Kier molecular flexibility index (Phi) is 5.12.